The lowest BCUT2D eigenvalue weighted by atomic mass is 10.1. The fraction of sp³-hybridized carbons (Fsp3) is 0.333. The number of hydrogen-bond acceptors (Lipinski definition) is 6. The first kappa shape index (κ1) is 21.9. The van der Waals surface area contributed by atoms with Gasteiger partial charge in [0.05, 0.1) is 9.85 Å². The Labute approximate surface area is 177 Å². The minimum atomic E-state index is -0.504. The van der Waals surface area contributed by atoms with Crippen LogP contribution >= 0.6 is 0 Å². The van der Waals surface area contributed by atoms with E-state index in [1.54, 1.807) is 13.8 Å². The van der Waals surface area contributed by atoms with Crippen LogP contribution < -0.4 is 10.6 Å². The Morgan fingerprint density at radius 2 is 1.42 bits per heavy atom. The largest absolute Gasteiger partial charge is 0.350 e. The molecule has 31 heavy (non-hydrogen) atoms. The topological polar surface area (TPSA) is 144 Å². The summed E-state index contributed by atoms with van der Waals surface area (Å²) in [7, 11) is 0. The van der Waals surface area contributed by atoms with Crippen LogP contribution in [0.1, 0.15) is 44.7 Å². The van der Waals surface area contributed by atoms with E-state index >= 15 is 0 Å². The summed E-state index contributed by atoms with van der Waals surface area (Å²) in [6, 6.07) is 8.03. The molecule has 1 aliphatic carbocycles. The number of rotatable bonds is 8. The van der Waals surface area contributed by atoms with Crippen molar-refractivity contribution >= 4 is 23.2 Å². The third-order valence-electron chi connectivity index (χ3n) is 5.30. The molecule has 0 radical (unpaired) electrons. The molecule has 0 bridgehead atoms. The molecular formula is C21H22N4O6. The van der Waals surface area contributed by atoms with Crippen LogP contribution in [0.15, 0.2) is 36.4 Å². The second-order valence-electron chi connectivity index (χ2n) is 7.64. The van der Waals surface area contributed by atoms with Gasteiger partial charge in [0.15, 0.2) is 0 Å². The number of carbonyl (C=O) groups is 2. The zero-order chi connectivity index (χ0) is 22.7. The van der Waals surface area contributed by atoms with Gasteiger partial charge in [-0.2, -0.15) is 0 Å². The van der Waals surface area contributed by atoms with Crippen LogP contribution in [0.4, 0.5) is 11.4 Å². The van der Waals surface area contributed by atoms with Gasteiger partial charge >= 0.3 is 0 Å². The van der Waals surface area contributed by atoms with E-state index in [0.29, 0.717) is 22.3 Å². The van der Waals surface area contributed by atoms with Gasteiger partial charge in [-0.3, -0.25) is 29.8 Å². The lowest BCUT2D eigenvalue weighted by Crippen LogP contribution is -2.45. The summed E-state index contributed by atoms with van der Waals surface area (Å²) in [4.78, 5) is 46.0. The van der Waals surface area contributed by atoms with Crippen molar-refractivity contribution in [2.45, 2.75) is 32.7 Å². The maximum atomic E-state index is 12.6. The molecule has 1 fully saturated rings. The van der Waals surface area contributed by atoms with Gasteiger partial charge in [-0.05, 0) is 56.9 Å². The van der Waals surface area contributed by atoms with E-state index in [0.717, 1.165) is 12.8 Å². The molecule has 1 aliphatic rings. The van der Waals surface area contributed by atoms with E-state index in [1.807, 2.05) is 0 Å². The Hall–Kier alpha value is -3.82. The van der Waals surface area contributed by atoms with Crippen molar-refractivity contribution in [1.82, 2.24) is 10.6 Å². The molecule has 10 heteroatoms. The molecule has 1 atom stereocenters. The SMILES string of the molecule is Cc1cc(C(=O)NCC(NC(=O)c2ccc([N+](=O)[O-])c(C)c2)C2CC2)ccc1[N+](=O)[O-]. The molecule has 3 rings (SSSR count). The van der Waals surface area contributed by atoms with Crippen LogP contribution in [0.3, 0.4) is 0 Å². The lowest BCUT2D eigenvalue weighted by Gasteiger charge is -2.19. The monoisotopic (exact) mass is 426 g/mol. The van der Waals surface area contributed by atoms with Crippen LogP contribution in [-0.4, -0.2) is 34.2 Å². The predicted octanol–water partition coefficient (Wildman–Crippen LogP) is 3.06. The van der Waals surface area contributed by atoms with Crippen molar-refractivity contribution in [3.8, 4) is 0 Å². The molecule has 2 aromatic rings. The molecule has 1 saturated carbocycles. The average molecular weight is 426 g/mol. The van der Waals surface area contributed by atoms with Crippen molar-refractivity contribution in [2.75, 3.05) is 6.54 Å². The molecule has 2 amide bonds. The number of nitro groups is 2. The van der Waals surface area contributed by atoms with Crippen LogP contribution in [0.25, 0.3) is 0 Å². The minimum Gasteiger partial charge on any atom is -0.350 e. The van der Waals surface area contributed by atoms with Gasteiger partial charge < -0.3 is 10.6 Å². The van der Waals surface area contributed by atoms with Crippen molar-refractivity contribution in [3.05, 3.63) is 78.9 Å². The molecular weight excluding hydrogens is 404 g/mol. The molecule has 0 heterocycles. The molecule has 2 N–H and O–H groups in total. The summed E-state index contributed by atoms with van der Waals surface area (Å²) in [5.74, 6) is -0.513. The number of nitro benzene ring substituents is 2. The highest BCUT2D eigenvalue weighted by atomic mass is 16.6. The van der Waals surface area contributed by atoms with Crippen molar-refractivity contribution in [2.24, 2.45) is 5.92 Å². The molecule has 10 nitrogen and oxygen atoms in total. The standard InChI is InChI=1S/C21H22N4O6/c1-12-9-15(5-7-18(12)24(28)29)20(26)22-11-17(14-3-4-14)23-21(27)16-6-8-19(25(30)31)13(2)10-16/h5-10,14,17H,3-4,11H2,1-2H3,(H,22,26)(H,23,27). The first-order valence-electron chi connectivity index (χ1n) is 9.76. The number of hydrogen-bond donors (Lipinski definition) is 2. The normalized spacial score (nSPS) is 13.9. The fourth-order valence-electron chi connectivity index (χ4n) is 3.39. The van der Waals surface area contributed by atoms with Gasteiger partial charge in [-0.25, -0.2) is 0 Å². The first-order chi connectivity index (χ1) is 14.7. The maximum absolute atomic E-state index is 12.6. The van der Waals surface area contributed by atoms with E-state index in [1.165, 1.54) is 36.4 Å². The molecule has 0 aliphatic heterocycles. The number of aryl methyl sites for hydroxylation is 2. The van der Waals surface area contributed by atoms with Gasteiger partial charge in [0.1, 0.15) is 0 Å². The average Bonchev–Trinajstić information content (AvgIpc) is 3.55. The Balaban J connectivity index is 1.64. The van der Waals surface area contributed by atoms with Crippen LogP contribution in [0.5, 0.6) is 0 Å². The summed E-state index contributed by atoms with van der Waals surface area (Å²) in [6.07, 6.45) is 1.85. The van der Waals surface area contributed by atoms with Crippen LogP contribution in [-0.2, 0) is 0 Å². The van der Waals surface area contributed by atoms with Crippen molar-refractivity contribution in [3.63, 3.8) is 0 Å². The third-order valence-corrected chi connectivity index (χ3v) is 5.30. The highest BCUT2D eigenvalue weighted by Gasteiger charge is 2.33. The summed E-state index contributed by atoms with van der Waals surface area (Å²) < 4.78 is 0. The first-order valence-corrected chi connectivity index (χ1v) is 9.76. The van der Waals surface area contributed by atoms with Crippen molar-refractivity contribution < 1.29 is 19.4 Å². The molecule has 0 aromatic heterocycles. The number of amides is 2. The summed E-state index contributed by atoms with van der Waals surface area (Å²) in [6.45, 7) is 3.34. The molecule has 162 valence electrons. The van der Waals surface area contributed by atoms with Gasteiger partial charge in [-0.1, -0.05) is 0 Å². The summed E-state index contributed by atoms with van der Waals surface area (Å²) in [5, 5.41) is 27.5. The van der Waals surface area contributed by atoms with E-state index in [-0.39, 0.29) is 41.7 Å². The smallest absolute Gasteiger partial charge is 0.272 e. The molecule has 1 unspecified atom stereocenters. The zero-order valence-electron chi connectivity index (χ0n) is 17.1. The van der Waals surface area contributed by atoms with Gasteiger partial charge in [0, 0.05) is 47.0 Å². The van der Waals surface area contributed by atoms with Crippen LogP contribution in [0.2, 0.25) is 0 Å². The van der Waals surface area contributed by atoms with Gasteiger partial charge in [-0.15, -0.1) is 0 Å². The van der Waals surface area contributed by atoms with E-state index in [4.69, 9.17) is 0 Å². The van der Waals surface area contributed by atoms with Gasteiger partial charge in [0.25, 0.3) is 23.2 Å². The number of nitrogens with zero attached hydrogens (tertiary/aromatic N) is 2. The maximum Gasteiger partial charge on any atom is 0.272 e. The predicted molar refractivity (Wildman–Crippen MR) is 112 cm³/mol. The van der Waals surface area contributed by atoms with E-state index in [2.05, 4.69) is 10.6 Å². The highest BCUT2D eigenvalue weighted by molar-refractivity contribution is 5.96. The third kappa shape index (κ3) is 5.21. The van der Waals surface area contributed by atoms with E-state index < -0.39 is 9.85 Å². The Morgan fingerprint density at radius 3 is 1.84 bits per heavy atom. The molecule has 2 aromatic carbocycles. The lowest BCUT2D eigenvalue weighted by molar-refractivity contribution is -0.385. The Bertz CT molecular complexity index is 1060. The number of carbonyl (C=O) groups excluding carboxylic acids is 2. The Kier molecular flexibility index (Phi) is 6.28. The molecule has 0 spiro atoms. The minimum absolute atomic E-state index is 0.0547. The zero-order valence-corrected chi connectivity index (χ0v) is 17.1. The molecule has 0 saturated heterocycles. The number of benzene rings is 2. The summed E-state index contributed by atoms with van der Waals surface area (Å²) >= 11 is 0. The summed E-state index contributed by atoms with van der Waals surface area (Å²) in [5.41, 5.74) is 1.28. The number of nitrogens with one attached hydrogen (secondary N) is 2. The van der Waals surface area contributed by atoms with E-state index in [9.17, 15) is 29.8 Å². The van der Waals surface area contributed by atoms with Gasteiger partial charge in [0.2, 0.25) is 0 Å². The Morgan fingerprint density at radius 1 is 0.935 bits per heavy atom. The van der Waals surface area contributed by atoms with Crippen molar-refractivity contribution in [1.29, 1.82) is 0 Å². The fourth-order valence-corrected chi connectivity index (χ4v) is 3.39. The second kappa shape index (κ2) is 8.90. The quantitative estimate of drug-likeness (QED) is 0.490. The second-order valence-corrected chi connectivity index (χ2v) is 7.64. The highest BCUT2D eigenvalue weighted by Crippen LogP contribution is 2.32. The van der Waals surface area contributed by atoms with Crippen LogP contribution in [0, 0.1) is 40.0 Å².